The Morgan fingerprint density at radius 2 is 1.86 bits per heavy atom. The van der Waals surface area contributed by atoms with E-state index in [1.54, 1.807) is 0 Å². The topological polar surface area (TPSA) is 105 Å². The molecule has 0 aromatic carbocycles. The van der Waals surface area contributed by atoms with Crippen molar-refractivity contribution in [1.29, 1.82) is 0 Å². The van der Waals surface area contributed by atoms with Crippen LogP contribution in [-0.2, 0) is 19.9 Å². The van der Waals surface area contributed by atoms with Crippen LogP contribution in [0, 0.1) is 0 Å². The highest BCUT2D eigenvalue weighted by molar-refractivity contribution is 7.91. The van der Waals surface area contributed by atoms with Crippen molar-refractivity contribution in [2.24, 2.45) is 0 Å². The molecule has 0 aliphatic rings. The number of pyridine rings is 1. The van der Waals surface area contributed by atoms with Crippen LogP contribution < -0.4 is 10.0 Å². The molecule has 0 spiro atoms. The van der Waals surface area contributed by atoms with E-state index in [1.807, 2.05) is 6.92 Å². The van der Waals surface area contributed by atoms with E-state index in [0.29, 0.717) is 6.54 Å². The zero-order valence-electron chi connectivity index (χ0n) is 12.2. The summed E-state index contributed by atoms with van der Waals surface area (Å²) in [6.45, 7) is 3.93. The number of hydrogen-bond acceptors (Lipinski definition) is 6. The van der Waals surface area contributed by atoms with Crippen molar-refractivity contribution in [3.63, 3.8) is 0 Å². The van der Waals surface area contributed by atoms with Crippen molar-refractivity contribution in [1.82, 2.24) is 9.71 Å². The number of nitrogens with one attached hydrogen (secondary N) is 2. The molecule has 0 bridgehead atoms. The lowest BCUT2D eigenvalue weighted by atomic mass is 10.4. The fourth-order valence-corrected chi connectivity index (χ4v) is 3.53. The first-order chi connectivity index (χ1) is 9.82. The maximum absolute atomic E-state index is 12.2. The van der Waals surface area contributed by atoms with Crippen LogP contribution in [-0.4, -0.2) is 46.4 Å². The van der Waals surface area contributed by atoms with Crippen LogP contribution in [0.4, 0.5) is 5.82 Å². The molecule has 120 valence electrons. The highest BCUT2D eigenvalue weighted by atomic mass is 32.2. The number of nitrogens with zero attached hydrogens (tertiary/aromatic N) is 1. The number of sulfonamides is 1. The second-order valence-corrected chi connectivity index (χ2v) is 8.62. The molecule has 9 heteroatoms. The molecule has 0 fully saturated rings. The van der Waals surface area contributed by atoms with Gasteiger partial charge in [-0.1, -0.05) is 13.8 Å². The first-order valence-corrected chi connectivity index (χ1v) is 10.0. The van der Waals surface area contributed by atoms with Gasteiger partial charge in [0.05, 0.1) is 5.75 Å². The van der Waals surface area contributed by atoms with Gasteiger partial charge >= 0.3 is 0 Å². The quantitative estimate of drug-likeness (QED) is 0.685. The summed E-state index contributed by atoms with van der Waals surface area (Å²) in [6.07, 6.45) is 2.33. The van der Waals surface area contributed by atoms with Gasteiger partial charge in [0.25, 0.3) is 0 Å². The van der Waals surface area contributed by atoms with E-state index in [4.69, 9.17) is 0 Å². The molecular weight excluding hydrogens is 314 g/mol. The van der Waals surface area contributed by atoms with Crippen molar-refractivity contribution >= 4 is 25.7 Å². The molecule has 0 atom stereocenters. The van der Waals surface area contributed by atoms with E-state index < -0.39 is 19.9 Å². The van der Waals surface area contributed by atoms with Crippen LogP contribution in [0.5, 0.6) is 0 Å². The molecule has 0 radical (unpaired) electrons. The third-order valence-electron chi connectivity index (χ3n) is 2.75. The summed E-state index contributed by atoms with van der Waals surface area (Å²) >= 11 is 0. The highest BCUT2D eigenvalue weighted by Gasteiger charge is 2.19. The molecular formula is C12H21N3O4S2. The first kappa shape index (κ1) is 17.9. The summed E-state index contributed by atoms with van der Waals surface area (Å²) in [5.74, 6) is 0.0382. The highest BCUT2D eigenvalue weighted by Crippen LogP contribution is 2.17. The molecule has 0 unspecified atom stereocenters. The molecule has 21 heavy (non-hydrogen) atoms. The average Bonchev–Trinajstić information content (AvgIpc) is 2.45. The Hall–Kier alpha value is -1.19. The molecule has 0 aliphatic carbocycles. The van der Waals surface area contributed by atoms with Gasteiger partial charge in [-0.3, -0.25) is 0 Å². The van der Waals surface area contributed by atoms with Gasteiger partial charge in [-0.2, -0.15) is 0 Å². The lowest BCUT2D eigenvalue weighted by molar-refractivity contribution is 0.581. The van der Waals surface area contributed by atoms with Crippen molar-refractivity contribution in [3.8, 4) is 0 Å². The van der Waals surface area contributed by atoms with Crippen molar-refractivity contribution in [3.05, 3.63) is 18.3 Å². The Bertz CT molecular complexity index is 657. The predicted molar refractivity (Wildman–Crippen MR) is 82.5 cm³/mol. The Kier molecular flexibility index (Phi) is 6.56. The summed E-state index contributed by atoms with van der Waals surface area (Å²) < 4.78 is 49.4. The molecule has 1 aromatic rings. The van der Waals surface area contributed by atoms with E-state index in [9.17, 15) is 16.8 Å². The molecule has 1 heterocycles. The fraction of sp³-hybridized carbons (Fsp3) is 0.583. The number of anilines is 1. The number of sulfone groups is 1. The first-order valence-electron chi connectivity index (χ1n) is 6.71. The SMILES string of the molecule is CCCNc1ncccc1S(=O)(=O)NCCS(=O)(=O)CC. The second-order valence-electron chi connectivity index (χ2n) is 4.41. The molecule has 0 saturated carbocycles. The lowest BCUT2D eigenvalue weighted by Gasteiger charge is -2.11. The smallest absolute Gasteiger partial charge is 0.244 e. The maximum atomic E-state index is 12.2. The van der Waals surface area contributed by atoms with E-state index in [1.165, 1.54) is 25.3 Å². The van der Waals surface area contributed by atoms with Gasteiger partial charge in [-0.05, 0) is 18.6 Å². The van der Waals surface area contributed by atoms with Gasteiger partial charge in [0.1, 0.15) is 10.7 Å². The number of hydrogen-bond donors (Lipinski definition) is 2. The summed E-state index contributed by atoms with van der Waals surface area (Å²) in [7, 11) is -7.00. The lowest BCUT2D eigenvalue weighted by Crippen LogP contribution is -2.30. The summed E-state index contributed by atoms with van der Waals surface area (Å²) in [6, 6.07) is 2.95. The van der Waals surface area contributed by atoms with Gasteiger partial charge in [0, 0.05) is 25.0 Å². The van der Waals surface area contributed by atoms with Crippen LogP contribution in [0.1, 0.15) is 20.3 Å². The molecule has 0 amide bonds. The summed E-state index contributed by atoms with van der Waals surface area (Å²) in [4.78, 5) is 4.03. The third-order valence-corrected chi connectivity index (χ3v) is 5.95. The third kappa shape index (κ3) is 5.60. The monoisotopic (exact) mass is 335 g/mol. The van der Waals surface area contributed by atoms with Gasteiger partial charge in [-0.25, -0.2) is 26.5 Å². The van der Waals surface area contributed by atoms with Gasteiger partial charge in [0.15, 0.2) is 9.84 Å². The largest absolute Gasteiger partial charge is 0.369 e. The Morgan fingerprint density at radius 1 is 1.14 bits per heavy atom. The Morgan fingerprint density at radius 3 is 2.48 bits per heavy atom. The molecule has 1 rings (SSSR count). The maximum Gasteiger partial charge on any atom is 0.244 e. The van der Waals surface area contributed by atoms with Crippen LogP contribution in [0.2, 0.25) is 0 Å². The van der Waals surface area contributed by atoms with Gasteiger partial charge in [0.2, 0.25) is 10.0 Å². The molecule has 1 aromatic heterocycles. The van der Waals surface area contributed by atoms with Crippen LogP contribution in [0.25, 0.3) is 0 Å². The second kappa shape index (κ2) is 7.71. The molecule has 2 N–H and O–H groups in total. The van der Waals surface area contributed by atoms with E-state index >= 15 is 0 Å². The van der Waals surface area contributed by atoms with E-state index in [-0.39, 0.29) is 28.8 Å². The normalized spacial score (nSPS) is 12.3. The zero-order chi connectivity index (χ0) is 15.9. The molecule has 0 aliphatic heterocycles. The minimum Gasteiger partial charge on any atom is -0.369 e. The Labute approximate surface area is 126 Å². The van der Waals surface area contributed by atoms with Crippen LogP contribution in [0.15, 0.2) is 23.2 Å². The Balaban J connectivity index is 2.83. The summed E-state index contributed by atoms with van der Waals surface area (Å²) in [5.41, 5.74) is 0. The average molecular weight is 335 g/mol. The van der Waals surface area contributed by atoms with Gasteiger partial charge < -0.3 is 5.32 Å². The minimum absolute atomic E-state index is 0.00900. The van der Waals surface area contributed by atoms with Crippen molar-refractivity contribution in [2.75, 3.05) is 29.9 Å². The summed E-state index contributed by atoms with van der Waals surface area (Å²) in [5, 5.41) is 2.94. The number of rotatable bonds is 9. The zero-order valence-corrected chi connectivity index (χ0v) is 13.8. The predicted octanol–water partition coefficient (Wildman–Crippen LogP) is 0.616. The van der Waals surface area contributed by atoms with Crippen molar-refractivity contribution < 1.29 is 16.8 Å². The molecule has 0 saturated heterocycles. The standard InChI is InChI=1S/C12H21N3O4S2/c1-3-7-13-12-11(6-5-8-14-12)21(18,19)15-9-10-20(16,17)4-2/h5-6,8,15H,3-4,7,9-10H2,1-2H3,(H,13,14). The van der Waals surface area contributed by atoms with Crippen molar-refractivity contribution in [2.45, 2.75) is 25.2 Å². The van der Waals surface area contributed by atoms with E-state index in [0.717, 1.165) is 6.42 Å². The van der Waals surface area contributed by atoms with Crippen LogP contribution in [0.3, 0.4) is 0 Å². The minimum atomic E-state index is -3.79. The van der Waals surface area contributed by atoms with E-state index in [2.05, 4.69) is 15.0 Å². The fourth-order valence-electron chi connectivity index (χ4n) is 1.54. The van der Waals surface area contributed by atoms with Gasteiger partial charge in [-0.15, -0.1) is 0 Å². The van der Waals surface area contributed by atoms with Crippen LogP contribution >= 0.6 is 0 Å². The number of aromatic nitrogens is 1. The molecule has 7 nitrogen and oxygen atoms in total.